The van der Waals surface area contributed by atoms with Crippen molar-refractivity contribution in [1.82, 2.24) is 9.80 Å². The highest BCUT2D eigenvalue weighted by Gasteiger charge is 2.43. The van der Waals surface area contributed by atoms with Crippen molar-refractivity contribution >= 4 is 11.7 Å². The molecule has 0 atom stereocenters. The van der Waals surface area contributed by atoms with Gasteiger partial charge in [0.1, 0.15) is 5.78 Å². The Balaban J connectivity index is 1.89. The molecule has 1 amide bonds. The Morgan fingerprint density at radius 3 is 1.76 bits per heavy atom. The van der Waals surface area contributed by atoms with Crippen LogP contribution in [0.25, 0.3) is 0 Å². The van der Waals surface area contributed by atoms with Crippen molar-refractivity contribution in [2.45, 2.75) is 79.7 Å². The van der Waals surface area contributed by atoms with Gasteiger partial charge in [-0.2, -0.15) is 0 Å². The molecule has 0 aromatic carbocycles. The largest absolute Gasteiger partial charge is 0.342 e. The fraction of sp³-hybridized carbons (Fsp3) is 0.905. The van der Waals surface area contributed by atoms with Crippen molar-refractivity contribution in [3.63, 3.8) is 0 Å². The number of carbonyl (C=O) groups is 2. The summed E-state index contributed by atoms with van der Waals surface area (Å²) in [4.78, 5) is 30.2. The van der Waals surface area contributed by atoms with Crippen LogP contribution in [-0.4, -0.2) is 53.2 Å². The van der Waals surface area contributed by atoms with Gasteiger partial charge in [0.25, 0.3) is 0 Å². The Hall–Kier alpha value is -0.900. The van der Waals surface area contributed by atoms with Crippen LogP contribution in [0.15, 0.2) is 0 Å². The Kier molecular flexibility index (Phi) is 5.73. The number of nitrogens with zero attached hydrogens (tertiary/aromatic N) is 2. The minimum absolute atomic E-state index is 0.168. The average Bonchev–Trinajstić information content (AvgIpc) is 2.52. The van der Waals surface area contributed by atoms with Crippen LogP contribution in [0, 0.1) is 16.7 Å². The minimum atomic E-state index is -0.305. The third-order valence-corrected chi connectivity index (χ3v) is 6.20. The molecule has 0 bridgehead atoms. The first-order valence-electron chi connectivity index (χ1n) is 9.93. The molecule has 0 aromatic rings. The molecule has 4 nitrogen and oxygen atoms in total. The van der Waals surface area contributed by atoms with Crippen LogP contribution in [0.3, 0.4) is 0 Å². The van der Waals surface area contributed by atoms with E-state index in [0.717, 1.165) is 51.9 Å². The summed E-state index contributed by atoms with van der Waals surface area (Å²) in [5.41, 5.74) is -0.389. The average molecular weight is 351 g/mol. The van der Waals surface area contributed by atoms with Crippen molar-refractivity contribution in [3.8, 4) is 0 Å². The molecular weight excluding hydrogens is 312 g/mol. The van der Waals surface area contributed by atoms with Gasteiger partial charge in [-0.1, -0.05) is 27.7 Å². The second-order valence-electron chi connectivity index (χ2n) is 10.4. The van der Waals surface area contributed by atoms with E-state index in [1.807, 2.05) is 25.7 Å². The molecule has 2 saturated heterocycles. The molecule has 2 fully saturated rings. The fourth-order valence-electron chi connectivity index (χ4n) is 4.41. The van der Waals surface area contributed by atoms with Gasteiger partial charge in [-0.15, -0.1) is 0 Å². The second-order valence-corrected chi connectivity index (χ2v) is 10.4. The number of ketones is 1. The molecule has 0 unspecified atom stereocenters. The van der Waals surface area contributed by atoms with E-state index < -0.39 is 0 Å². The molecule has 4 heteroatoms. The molecule has 25 heavy (non-hydrogen) atoms. The SMILES string of the molecule is CC(C)(C)C(=O)C1(C)CCN(C(=O)C2CCN(C(C)(C)C)CC2)CC1. The number of piperidine rings is 2. The minimum Gasteiger partial charge on any atom is -0.342 e. The van der Waals surface area contributed by atoms with Crippen LogP contribution in [0.5, 0.6) is 0 Å². The molecule has 2 aliphatic heterocycles. The van der Waals surface area contributed by atoms with E-state index in [1.54, 1.807) is 0 Å². The number of carbonyl (C=O) groups excluding carboxylic acids is 2. The van der Waals surface area contributed by atoms with Crippen LogP contribution in [0.1, 0.15) is 74.1 Å². The summed E-state index contributed by atoms with van der Waals surface area (Å²) in [6, 6.07) is 0. The van der Waals surface area contributed by atoms with E-state index in [0.29, 0.717) is 11.7 Å². The predicted octanol–water partition coefficient (Wildman–Crippen LogP) is 3.74. The van der Waals surface area contributed by atoms with Gasteiger partial charge in [0.2, 0.25) is 5.91 Å². The number of amides is 1. The van der Waals surface area contributed by atoms with Crippen molar-refractivity contribution in [3.05, 3.63) is 0 Å². The molecule has 0 aliphatic carbocycles. The molecule has 0 spiro atoms. The second kappa shape index (κ2) is 7.02. The molecule has 2 rings (SSSR count). The van der Waals surface area contributed by atoms with Gasteiger partial charge in [-0.3, -0.25) is 14.5 Å². The number of rotatable bonds is 2. The van der Waals surface area contributed by atoms with Gasteiger partial charge in [0.05, 0.1) is 0 Å². The molecule has 2 heterocycles. The zero-order valence-electron chi connectivity index (χ0n) is 17.4. The lowest BCUT2D eigenvalue weighted by molar-refractivity contribution is -0.146. The van der Waals surface area contributed by atoms with Gasteiger partial charge < -0.3 is 4.90 Å². The van der Waals surface area contributed by atoms with E-state index in [9.17, 15) is 9.59 Å². The third-order valence-electron chi connectivity index (χ3n) is 6.20. The predicted molar refractivity (Wildman–Crippen MR) is 102 cm³/mol. The highest BCUT2D eigenvalue weighted by molar-refractivity contribution is 5.89. The lowest BCUT2D eigenvalue weighted by Gasteiger charge is -2.44. The number of likely N-dealkylation sites (tertiary alicyclic amines) is 2. The molecule has 144 valence electrons. The lowest BCUT2D eigenvalue weighted by Crippen LogP contribution is -2.52. The van der Waals surface area contributed by atoms with Gasteiger partial charge in [0.15, 0.2) is 0 Å². The van der Waals surface area contributed by atoms with E-state index in [-0.39, 0.29) is 22.3 Å². The summed E-state index contributed by atoms with van der Waals surface area (Å²) < 4.78 is 0. The molecule has 0 radical (unpaired) electrons. The zero-order valence-corrected chi connectivity index (χ0v) is 17.4. The van der Waals surface area contributed by atoms with Gasteiger partial charge >= 0.3 is 0 Å². The van der Waals surface area contributed by atoms with E-state index in [1.165, 1.54) is 0 Å². The Morgan fingerprint density at radius 2 is 1.36 bits per heavy atom. The first-order chi connectivity index (χ1) is 11.3. The zero-order chi connectivity index (χ0) is 19.0. The van der Waals surface area contributed by atoms with Crippen molar-refractivity contribution in [2.24, 2.45) is 16.7 Å². The van der Waals surface area contributed by atoms with Gasteiger partial charge in [-0.05, 0) is 59.5 Å². The Labute approximate surface area is 154 Å². The topological polar surface area (TPSA) is 40.6 Å². The smallest absolute Gasteiger partial charge is 0.225 e. The van der Waals surface area contributed by atoms with Crippen LogP contribution in [0.4, 0.5) is 0 Å². The summed E-state index contributed by atoms with van der Waals surface area (Å²) >= 11 is 0. The summed E-state index contributed by atoms with van der Waals surface area (Å²) in [6.07, 6.45) is 3.53. The summed E-state index contributed by atoms with van der Waals surface area (Å²) in [7, 11) is 0. The van der Waals surface area contributed by atoms with Crippen LogP contribution < -0.4 is 0 Å². The van der Waals surface area contributed by atoms with Crippen LogP contribution >= 0.6 is 0 Å². The third kappa shape index (κ3) is 4.64. The maximum Gasteiger partial charge on any atom is 0.225 e. The molecule has 0 N–H and O–H groups in total. The van der Waals surface area contributed by atoms with Gasteiger partial charge in [-0.25, -0.2) is 0 Å². The first-order valence-corrected chi connectivity index (χ1v) is 9.93. The fourth-order valence-corrected chi connectivity index (χ4v) is 4.41. The Bertz CT molecular complexity index is 497. The van der Waals surface area contributed by atoms with E-state index >= 15 is 0 Å². The molecule has 0 saturated carbocycles. The highest BCUT2D eigenvalue weighted by Crippen LogP contribution is 2.39. The summed E-state index contributed by atoms with van der Waals surface area (Å²) in [5, 5.41) is 0. The van der Waals surface area contributed by atoms with Crippen LogP contribution in [0.2, 0.25) is 0 Å². The van der Waals surface area contributed by atoms with Crippen molar-refractivity contribution in [1.29, 1.82) is 0 Å². The summed E-state index contributed by atoms with van der Waals surface area (Å²) in [5.74, 6) is 0.825. The monoisotopic (exact) mass is 350 g/mol. The van der Waals surface area contributed by atoms with E-state index in [2.05, 4.69) is 32.6 Å². The highest BCUT2D eigenvalue weighted by atomic mass is 16.2. The van der Waals surface area contributed by atoms with E-state index in [4.69, 9.17) is 0 Å². The van der Waals surface area contributed by atoms with Crippen LogP contribution in [-0.2, 0) is 9.59 Å². The molecule has 2 aliphatic rings. The maximum atomic E-state index is 12.9. The quantitative estimate of drug-likeness (QED) is 0.762. The molecular formula is C21H38N2O2. The number of hydrogen-bond acceptors (Lipinski definition) is 3. The Morgan fingerprint density at radius 1 is 0.880 bits per heavy atom. The maximum absolute atomic E-state index is 12.9. The van der Waals surface area contributed by atoms with Crippen molar-refractivity contribution < 1.29 is 9.59 Å². The lowest BCUT2D eigenvalue weighted by atomic mass is 9.68. The normalized spacial score (nSPS) is 23.6. The van der Waals surface area contributed by atoms with Gasteiger partial charge in [0, 0.05) is 35.4 Å². The summed E-state index contributed by atoms with van der Waals surface area (Å²) in [6.45, 7) is 18.3. The molecule has 0 aromatic heterocycles. The number of hydrogen-bond donors (Lipinski definition) is 0. The number of Topliss-reactive ketones (excluding diaryl/α,β-unsaturated/α-hetero) is 1. The first kappa shape index (κ1) is 20.4. The standard InChI is InChI=1S/C21H38N2O2/c1-19(2,3)18(25)21(7)10-14-22(15-11-21)17(24)16-8-12-23(13-9-16)20(4,5)6/h16H,8-15H2,1-7H3. The van der Waals surface area contributed by atoms with Crippen molar-refractivity contribution in [2.75, 3.05) is 26.2 Å².